The molecular formula is C15H20ClN3O. The molecule has 0 atom stereocenters. The van der Waals surface area contributed by atoms with Crippen LogP contribution in [0.1, 0.15) is 18.2 Å². The molecule has 0 aliphatic rings. The Bertz CT molecular complexity index is 554. The fraction of sp³-hybridized carbons (Fsp3) is 0.400. The smallest absolute Gasteiger partial charge is 0.0663 e. The van der Waals surface area contributed by atoms with Gasteiger partial charge in [0.15, 0.2) is 0 Å². The Kier molecular flexibility index (Phi) is 5.59. The van der Waals surface area contributed by atoms with Gasteiger partial charge < -0.3 is 10.1 Å². The van der Waals surface area contributed by atoms with Crippen LogP contribution >= 0.6 is 11.6 Å². The van der Waals surface area contributed by atoms with Gasteiger partial charge in [-0.3, -0.25) is 0 Å². The highest BCUT2D eigenvalue weighted by atomic mass is 35.5. The molecule has 2 rings (SSSR count). The van der Waals surface area contributed by atoms with E-state index in [2.05, 4.69) is 17.3 Å². The first-order valence-corrected chi connectivity index (χ1v) is 7.15. The third-order valence-corrected chi connectivity index (χ3v) is 3.38. The van der Waals surface area contributed by atoms with Gasteiger partial charge in [0.2, 0.25) is 0 Å². The number of nitrogens with one attached hydrogen (secondary N) is 1. The normalized spacial score (nSPS) is 10.9. The van der Waals surface area contributed by atoms with E-state index in [1.165, 1.54) is 11.3 Å². The fourth-order valence-electron chi connectivity index (χ4n) is 2.16. The number of ether oxygens (including phenoxy) is 1. The van der Waals surface area contributed by atoms with E-state index >= 15 is 0 Å². The molecule has 1 aromatic carbocycles. The summed E-state index contributed by atoms with van der Waals surface area (Å²) < 4.78 is 6.98. The molecule has 1 heterocycles. The van der Waals surface area contributed by atoms with Gasteiger partial charge in [0, 0.05) is 36.5 Å². The fourth-order valence-corrected chi connectivity index (χ4v) is 2.34. The zero-order valence-corrected chi connectivity index (χ0v) is 12.7. The van der Waals surface area contributed by atoms with Gasteiger partial charge in [0.25, 0.3) is 0 Å². The molecule has 4 nitrogen and oxygen atoms in total. The summed E-state index contributed by atoms with van der Waals surface area (Å²) in [6.07, 6.45) is 2.84. The molecule has 1 N–H and O–H groups in total. The van der Waals surface area contributed by atoms with Crippen molar-refractivity contribution in [2.45, 2.75) is 19.9 Å². The molecule has 2 aromatic rings. The third-order valence-electron chi connectivity index (χ3n) is 3.14. The van der Waals surface area contributed by atoms with Crippen LogP contribution in [0.15, 0.2) is 30.5 Å². The molecule has 1 aromatic heterocycles. The van der Waals surface area contributed by atoms with Gasteiger partial charge in [-0.05, 0) is 24.6 Å². The van der Waals surface area contributed by atoms with Gasteiger partial charge in [-0.25, -0.2) is 4.68 Å². The zero-order chi connectivity index (χ0) is 14.4. The molecular weight excluding hydrogens is 274 g/mol. The van der Waals surface area contributed by atoms with Crippen molar-refractivity contribution in [3.05, 3.63) is 46.7 Å². The lowest BCUT2D eigenvalue weighted by molar-refractivity contribution is 0.199. The van der Waals surface area contributed by atoms with E-state index in [9.17, 15) is 0 Å². The molecule has 0 saturated heterocycles. The van der Waals surface area contributed by atoms with Crippen LogP contribution in [0.3, 0.4) is 0 Å². The number of benzene rings is 1. The van der Waals surface area contributed by atoms with Crippen molar-refractivity contribution in [3.63, 3.8) is 0 Å². The largest absolute Gasteiger partial charge is 0.383 e. The molecule has 0 fully saturated rings. The molecule has 0 aliphatic carbocycles. The second kappa shape index (κ2) is 7.43. The highest BCUT2D eigenvalue weighted by Crippen LogP contribution is 2.18. The second-order valence-electron chi connectivity index (χ2n) is 4.53. The average Bonchev–Trinajstić information content (AvgIpc) is 2.86. The highest BCUT2D eigenvalue weighted by molar-refractivity contribution is 6.30. The van der Waals surface area contributed by atoms with E-state index in [0.29, 0.717) is 6.61 Å². The number of methoxy groups -OCH3 is 1. The Morgan fingerprint density at radius 2 is 2.25 bits per heavy atom. The summed E-state index contributed by atoms with van der Waals surface area (Å²) in [5, 5.41) is 8.56. The van der Waals surface area contributed by atoms with Crippen molar-refractivity contribution < 1.29 is 4.74 Å². The van der Waals surface area contributed by atoms with Crippen LogP contribution < -0.4 is 5.32 Å². The van der Waals surface area contributed by atoms with Crippen molar-refractivity contribution >= 4 is 11.6 Å². The molecule has 0 saturated carbocycles. The predicted molar refractivity (Wildman–Crippen MR) is 81.5 cm³/mol. The lowest BCUT2D eigenvalue weighted by Crippen LogP contribution is -2.19. The lowest BCUT2D eigenvalue weighted by atomic mass is 10.2. The molecule has 0 amide bonds. The quantitative estimate of drug-likeness (QED) is 0.798. The van der Waals surface area contributed by atoms with Crippen molar-refractivity contribution in [3.8, 4) is 5.69 Å². The van der Waals surface area contributed by atoms with Crippen LogP contribution in [0, 0.1) is 0 Å². The van der Waals surface area contributed by atoms with E-state index in [-0.39, 0.29) is 0 Å². The van der Waals surface area contributed by atoms with E-state index in [1.807, 2.05) is 35.1 Å². The summed E-state index contributed by atoms with van der Waals surface area (Å²) in [6.45, 7) is 4.48. The maximum atomic E-state index is 6.05. The highest BCUT2D eigenvalue weighted by Gasteiger charge is 2.10. The van der Waals surface area contributed by atoms with Gasteiger partial charge in [0.05, 0.1) is 18.5 Å². The summed E-state index contributed by atoms with van der Waals surface area (Å²) in [6, 6.07) is 7.75. The minimum atomic E-state index is 0.712. The van der Waals surface area contributed by atoms with Crippen molar-refractivity contribution in [2.24, 2.45) is 0 Å². The summed E-state index contributed by atoms with van der Waals surface area (Å²) in [7, 11) is 1.70. The Labute approximate surface area is 124 Å². The molecule has 0 radical (unpaired) electrons. The number of hydrogen-bond donors (Lipinski definition) is 1. The Balaban J connectivity index is 2.16. The summed E-state index contributed by atoms with van der Waals surface area (Å²) in [5.41, 5.74) is 3.42. The predicted octanol–water partition coefficient (Wildman–Crippen LogP) is 2.82. The van der Waals surface area contributed by atoms with Crippen LogP contribution in [0.5, 0.6) is 0 Å². The first-order valence-electron chi connectivity index (χ1n) is 6.77. The maximum Gasteiger partial charge on any atom is 0.0663 e. The number of hydrogen-bond acceptors (Lipinski definition) is 3. The molecule has 108 valence electrons. The molecule has 0 aliphatic heterocycles. The number of aromatic nitrogens is 2. The van der Waals surface area contributed by atoms with Crippen LogP contribution in [0.25, 0.3) is 5.69 Å². The lowest BCUT2D eigenvalue weighted by Gasteiger charge is -2.09. The minimum Gasteiger partial charge on any atom is -0.383 e. The summed E-state index contributed by atoms with van der Waals surface area (Å²) in [4.78, 5) is 0. The standard InChI is InChI=1S/C15H20ClN3O/c1-3-15-12(10-17-7-8-20-2)11-18-19(15)14-6-4-5-13(16)9-14/h4-6,9,11,17H,3,7-8,10H2,1-2H3. The molecule has 5 heteroatoms. The van der Waals surface area contributed by atoms with Crippen LogP contribution in [-0.4, -0.2) is 30.0 Å². The molecule has 0 spiro atoms. The monoisotopic (exact) mass is 293 g/mol. The van der Waals surface area contributed by atoms with Crippen molar-refractivity contribution in [1.82, 2.24) is 15.1 Å². The van der Waals surface area contributed by atoms with Gasteiger partial charge in [-0.2, -0.15) is 5.10 Å². The molecule has 0 unspecified atom stereocenters. The van der Waals surface area contributed by atoms with E-state index in [0.717, 1.165) is 30.2 Å². The summed E-state index contributed by atoms with van der Waals surface area (Å²) in [5.74, 6) is 0. The first kappa shape index (κ1) is 15.0. The number of rotatable bonds is 7. The topological polar surface area (TPSA) is 39.1 Å². The summed E-state index contributed by atoms with van der Waals surface area (Å²) >= 11 is 6.05. The van der Waals surface area contributed by atoms with Crippen molar-refractivity contribution in [1.29, 1.82) is 0 Å². The zero-order valence-electron chi connectivity index (χ0n) is 11.9. The Hall–Kier alpha value is -1.36. The number of halogens is 1. The van der Waals surface area contributed by atoms with Crippen LogP contribution in [0.4, 0.5) is 0 Å². The third kappa shape index (κ3) is 3.60. The molecule has 20 heavy (non-hydrogen) atoms. The van der Waals surface area contributed by atoms with E-state index in [4.69, 9.17) is 16.3 Å². The Morgan fingerprint density at radius 3 is 2.95 bits per heavy atom. The van der Waals surface area contributed by atoms with Gasteiger partial charge in [0.1, 0.15) is 0 Å². The van der Waals surface area contributed by atoms with E-state index in [1.54, 1.807) is 7.11 Å². The second-order valence-corrected chi connectivity index (χ2v) is 4.97. The minimum absolute atomic E-state index is 0.712. The van der Waals surface area contributed by atoms with E-state index < -0.39 is 0 Å². The Morgan fingerprint density at radius 1 is 1.40 bits per heavy atom. The SMILES string of the molecule is CCc1c(CNCCOC)cnn1-c1cccc(Cl)c1. The van der Waals surface area contributed by atoms with Gasteiger partial charge >= 0.3 is 0 Å². The van der Waals surface area contributed by atoms with Gasteiger partial charge in [-0.1, -0.05) is 24.6 Å². The average molecular weight is 294 g/mol. The number of nitrogens with zero attached hydrogens (tertiary/aromatic N) is 2. The van der Waals surface area contributed by atoms with Crippen LogP contribution in [-0.2, 0) is 17.7 Å². The van der Waals surface area contributed by atoms with Crippen LogP contribution in [0.2, 0.25) is 5.02 Å². The first-order chi connectivity index (χ1) is 9.76. The maximum absolute atomic E-state index is 6.05. The molecule has 0 bridgehead atoms. The van der Waals surface area contributed by atoms with Crippen molar-refractivity contribution in [2.75, 3.05) is 20.3 Å². The van der Waals surface area contributed by atoms with Gasteiger partial charge in [-0.15, -0.1) is 0 Å².